The molecule has 0 atom stereocenters. The molecule has 0 spiro atoms. The molecule has 0 saturated heterocycles. The van der Waals surface area contributed by atoms with E-state index >= 15 is 0 Å². The van der Waals surface area contributed by atoms with Crippen molar-refractivity contribution in [3.05, 3.63) is 83.4 Å². The fourth-order valence-electron chi connectivity index (χ4n) is 2.96. The predicted molar refractivity (Wildman–Crippen MR) is 117 cm³/mol. The van der Waals surface area contributed by atoms with Crippen LogP contribution in [0.3, 0.4) is 0 Å². The van der Waals surface area contributed by atoms with E-state index in [1.54, 1.807) is 30.3 Å². The van der Waals surface area contributed by atoms with Gasteiger partial charge in [-0.15, -0.1) is 0 Å². The summed E-state index contributed by atoms with van der Waals surface area (Å²) in [5.41, 5.74) is 1.13. The topological polar surface area (TPSA) is 38.8 Å². The summed E-state index contributed by atoms with van der Waals surface area (Å²) in [6, 6.07) is 21.5. The van der Waals surface area contributed by atoms with E-state index in [1.807, 2.05) is 56.3 Å². The minimum Gasteiger partial charge on any atom is -0.491 e. The quantitative estimate of drug-likeness (QED) is 0.416. The number of anilines is 1. The Morgan fingerprint density at radius 2 is 1.70 bits per heavy atom. The molecule has 4 nitrogen and oxygen atoms in total. The van der Waals surface area contributed by atoms with E-state index in [0.29, 0.717) is 28.0 Å². The zero-order valence-electron chi connectivity index (χ0n) is 16.8. The van der Waals surface area contributed by atoms with Crippen molar-refractivity contribution in [1.29, 1.82) is 0 Å². The van der Waals surface area contributed by atoms with Crippen molar-refractivity contribution in [1.82, 2.24) is 0 Å². The van der Waals surface area contributed by atoms with Gasteiger partial charge >= 0.3 is 0 Å². The third-order valence-electron chi connectivity index (χ3n) is 4.26. The van der Waals surface area contributed by atoms with E-state index in [0.717, 1.165) is 5.56 Å². The molecule has 0 aliphatic heterocycles. The van der Waals surface area contributed by atoms with Crippen LogP contribution in [0.25, 0.3) is 0 Å². The number of amides is 1. The van der Waals surface area contributed by atoms with Crippen LogP contribution in [0.15, 0.2) is 72.8 Å². The highest BCUT2D eigenvalue weighted by molar-refractivity contribution is 6.31. The lowest BCUT2D eigenvalue weighted by atomic mass is 10.1. The smallest absolute Gasteiger partial charge is 0.258 e. The lowest BCUT2D eigenvalue weighted by Gasteiger charge is -2.26. The molecule has 0 bridgehead atoms. The average Bonchev–Trinajstić information content (AvgIpc) is 2.74. The van der Waals surface area contributed by atoms with E-state index in [1.165, 1.54) is 4.90 Å². The number of para-hydroxylation sites is 2. The number of benzene rings is 3. The monoisotopic (exact) mass is 427 g/mol. The number of carbonyl (C=O) groups excluding carboxylic acids is 1. The van der Waals surface area contributed by atoms with Crippen molar-refractivity contribution in [2.45, 2.75) is 26.5 Å². The van der Waals surface area contributed by atoms with Crippen LogP contribution < -0.4 is 14.4 Å². The molecule has 3 rings (SSSR count). The first-order valence-electron chi connectivity index (χ1n) is 9.61. The van der Waals surface area contributed by atoms with Gasteiger partial charge in [0.05, 0.1) is 18.3 Å². The first kappa shape index (κ1) is 21.7. The van der Waals surface area contributed by atoms with Crippen LogP contribution in [0.1, 0.15) is 19.4 Å². The number of ether oxygens (including phenoxy) is 2. The molecule has 156 valence electrons. The zero-order chi connectivity index (χ0) is 21.5. The van der Waals surface area contributed by atoms with E-state index in [-0.39, 0.29) is 12.6 Å². The number of hydrogen-bond donors (Lipinski definition) is 0. The van der Waals surface area contributed by atoms with Crippen LogP contribution in [0, 0.1) is 0 Å². The second-order valence-corrected chi connectivity index (χ2v) is 7.35. The molecule has 0 heterocycles. The van der Waals surface area contributed by atoms with Gasteiger partial charge in [-0.25, -0.2) is 4.39 Å². The average molecular weight is 428 g/mol. The predicted octanol–water partition coefficient (Wildman–Crippen LogP) is 6.42. The summed E-state index contributed by atoms with van der Waals surface area (Å²) in [5, 5.41) is 0.411. The van der Waals surface area contributed by atoms with Crippen LogP contribution in [-0.2, 0) is 11.3 Å². The molecular formula is C24H23ClFNO3. The number of halogens is 2. The minimum atomic E-state index is -1.15. The normalized spacial score (nSPS) is 10.7. The van der Waals surface area contributed by atoms with Crippen LogP contribution >= 0.6 is 11.6 Å². The summed E-state index contributed by atoms with van der Waals surface area (Å²) < 4.78 is 25.3. The Morgan fingerprint density at radius 3 is 2.40 bits per heavy atom. The van der Waals surface area contributed by atoms with Gasteiger partial charge in [0, 0.05) is 10.6 Å². The van der Waals surface area contributed by atoms with E-state index in [4.69, 9.17) is 21.1 Å². The molecule has 0 unspecified atom stereocenters. The van der Waals surface area contributed by atoms with Crippen LogP contribution in [0.5, 0.6) is 17.2 Å². The van der Waals surface area contributed by atoms with Crippen molar-refractivity contribution in [2.75, 3.05) is 11.6 Å². The maximum absolute atomic E-state index is 13.5. The molecule has 0 aliphatic rings. The van der Waals surface area contributed by atoms with Gasteiger partial charge in [-0.2, -0.15) is 0 Å². The molecule has 30 heavy (non-hydrogen) atoms. The van der Waals surface area contributed by atoms with Crippen molar-refractivity contribution in [3.63, 3.8) is 0 Å². The maximum Gasteiger partial charge on any atom is 0.258 e. The standard InChI is InChI=1S/C24H23ClFNO3/c1-17(2)29-22-11-7-6-8-18(22)16-27(24(28)15-26)21-14-19(25)12-13-23(21)30-20-9-4-3-5-10-20/h3-14,17H,15-16H2,1-2H3. The van der Waals surface area contributed by atoms with Crippen molar-refractivity contribution in [2.24, 2.45) is 0 Å². The molecule has 0 fully saturated rings. The van der Waals surface area contributed by atoms with Crippen LogP contribution in [-0.4, -0.2) is 18.7 Å². The molecule has 3 aromatic carbocycles. The summed E-state index contributed by atoms with van der Waals surface area (Å²) in [4.78, 5) is 13.9. The first-order chi connectivity index (χ1) is 14.5. The number of hydrogen-bond acceptors (Lipinski definition) is 3. The highest BCUT2D eigenvalue weighted by Gasteiger charge is 2.22. The molecule has 0 radical (unpaired) electrons. The molecule has 0 aromatic heterocycles. The Hall–Kier alpha value is -3.05. The number of nitrogens with zero attached hydrogens (tertiary/aromatic N) is 1. The Bertz CT molecular complexity index is 995. The lowest BCUT2D eigenvalue weighted by molar-refractivity contribution is -0.119. The summed E-state index contributed by atoms with van der Waals surface area (Å²) in [5.74, 6) is 0.929. The summed E-state index contributed by atoms with van der Waals surface area (Å²) >= 11 is 6.20. The third-order valence-corrected chi connectivity index (χ3v) is 4.50. The van der Waals surface area contributed by atoms with Gasteiger partial charge in [0.2, 0.25) is 0 Å². The van der Waals surface area contributed by atoms with Gasteiger partial charge < -0.3 is 14.4 Å². The van der Waals surface area contributed by atoms with E-state index in [2.05, 4.69) is 0 Å². The molecule has 6 heteroatoms. The van der Waals surface area contributed by atoms with Crippen molar-refractivity contribution < 1.29 is 18.7 Å². The van der Waals surface area contributed by atoms with Gasteiger partial charge in [-0.05, 0) is 50.2 Å². The second-order valence-electron chi connectivity index (χ2n) is 6.92. The SMILES string of the molecule is CC(C)Oc1ccccc1CN(C(=O)CF)c1cc(Cl)ccc1Oc1ccccc1. The largest absolute Gasteiger partial charge is 0.491 e. The summed E-state index contributed by atoms with van der Waals surface area (Å²) in [6.07, 6.45) is -0.0420. The van der Waals surface area contributed by atoms with Crippen molar-refractivity contribution >= 4 is 23.2 Å². The Kier molecular flexibility index (Phi) is 7.31. The number of rotatable bonds is 8. The number of carbonyl (C=O) groups is 1. The summed E-state index contributed by atoms with van der Waals surface area (Å²) in [6.45, 7) is 2.80. The van der Waals surface area contributed by atoms with Gasteiger partial charge in [0.15, 0.2) is 12.4 Å². The lowest BCUT2D eigenvalue weighted by Crippen LogP contribution is -2.32. The second kappa shape index (κ2) is 10.1. The Morgan fingerprint density at radius 1 is 1.00 bits per heavy atom. The molecule has 0 aliphatic carbocycles. The van der Waals surface area contributed by atoms with E-state index in [9.17, 15) is 9.18 Å². The maximum atomic E-state index is 13.5. The third kappa shape index (κ3) is 5.51. The summed E-state index contributed by atoms with van der Waals surface area (Å²) in [7, 11) is 0. The highest BCUT2D eigenvalue weighted by atomic mass is 35.5. The van der Waals surface area contributed by atoms with Gasteiger partial charge in [0.1, 0.15) is 11.5 Å². The van der Waals surface area contributed by atoms with Gasteiger partial charge in [-0.1, -0.05) is 48.0 Å². The Balaban J connectivity index is 2.01. The molecule has 0 N–H and O–H groups in total. The molecular weight excluding hydrogens is 405 g/mol. The minimum absolute atomic E-state index is 0.0420. The zero-order valence-corrected chi connectivity index (χ0v) is 17.6. The number of alkyl halides is 1. The van der Waals surface area contributed by atoms with Gasteiger partial charge in [-0.3, -0.25) is 4.79 Å². The first-order valence-corrected chi connectivity index (χ1v) is 9.99. The van der Waals surface area contributed by atoms with Crippen molar-refractivity contribution in [3.8, 4) is 17.2 Å². The molecule has 1 amide bonds. The molecule has 0 saturated carbocycles. The van der Waals surface area contributed by atoms with Crippen LogP contribution in [0.2, 0.25) is 5.02 Å². The fraction of sp³-hybridized carbons (Fsp3) is 0.208. The van der Waals surface area contributed by atoms with Gasteiger partial charge in [0.25, 0.3) is 5.91 Å². The fourth-order valence-corrected chi connectivity index (χ4v) is 3.12. The Labute approximate surface area is 180 Å². The molecule has 3 aromatic rings. The highest BCUT2D eigenvalue weighted by Crippen LogP contribution is 2.36. The van der Waals surface area contributed by atoms with E-state index < -0.39 is 12.6 Å². The van der Waals surface area contributed by atoms with Crippen LogP contribution in [0.4, 0.5) is 10.1 Å².